The average Bonchev–Trinajstić information content (AvgIpc) is 3.17. The van der Waals surface area contributed by atoms with Crippen molar-refractivity contribution < 1.29 is 34.3 Å². The lowest BCUT2D eigenvalue weighted by atomic mass is 9.88. The number of hydrogen-bond donors (Lipinski definition) is 4. The van der Waals surface area contributed by atoms with Crippen molar-refractivity contribution in [3.8, 4) is 5.75 Å². The third-order valence-electron chi connectivity index (χ3n) is 5.41. The number of aliphatic hydroxyl groups is 4. The van der Waals surface area contributed by atoms with Gasteiger partial charge in [0.05, 0.1) is 13.2 Å². The summed E-state index contributed by atoms with van der Waals surface area (Å²) < 4.78 is 24.7. The van der Waals surface area contributed by atoms with Crippen LogP contribution in [0.1, 0.15) is 28.4 Å². The molecule has 1 saturated heterocycles. The highest BCUT2D eigenvalue weighted by Crippen LogP contribution is 2.38. The van der Waals surface area contributed by atoms with E-state index in [4.69, 9.17) is 9.47 Å². The second-order valence-corrected chi connectivity index (χ2v) is 7.32. The lowest BCUT2D eigenvalue weighted by molar-refractivity contribution is -0.231. The van der Waals surface area contributed by atoms with Crippen LogP contribution in [0.4, 0.5) is 4.39 Å². The molecular weight excluding hydrogens is 367 g/mol. The van der Waals surface area contributed by atoms with Crippen LogP contribution < -0.4 is 4.74 Å². The van der Waals surface area contributed by atoms with Crippen LogP contribution in [-0.2, 0) is 17.6 Å². The molecule has 0 amide bonds. The largest absolute Gasteiger partial charge is 0.493 e. The van der Waals surface area contributed by atoms with Gasteiger partial charge in [-0.1, -0.05) is 12.1 Å². The molecule has 2 aromatic rings. The van der Waals surface area contributed by atoms with Gasteiger partial charge in [-0.25, -0.2) is 4.39 Å². The maximum atomic E-state index is 13.2. The molecule has 0 spiro atoms. The second-order valence-electron chi connectivity index (χ2n) is 7.32. The maximum absolute atomic E-state index is 13.2. The number of hydrogen-bond acceptors (Lipinski definition) is 6. The summed E-state index contributed by atoms with van der Waals surface area (Å²) in [5, 5.41) is 40.0. The summed E-state index contributed by atoms with van der Waals surface area (Å²) in [5.74, 6) is 0.470. The Morgan fingerprint density at radius 2 is 1.75 bits per heavy atom. The molecule has 1 fully saturated rings. The molecular formula is C21H23FO6. The molecule has 150 valence electrons. The zero-order valence-corrected chi connectivity index (χ0v) is 15.2. The van der Waals surface area contributed by atoms with Crippen LogP contribution in [0.3, 0.4) is 0 Å². The topological polar surface area (TPSA) is 99.4 Å². The number of fused-ring (bicyclic) bond motifs is 1. The van der Waals surface area contributed by atoms with Crippen LogP contribution in [0.5, 0.6) is 5.75 Å². The van der Waals surface area contributed by atoms with Gasteiger partial charge in [0.2, 0.25) is 0 Å². The predicted molar refractivity (Wildman–Crippen MR) is 97.6 cm³/mol. The first-order valence-corrected chi connectivity index (χ1v) is 9.31. The Kier molecular flexibility index (Phi) is 5.35. The molecule has 0 saturated carbocycles. The van der Waals surface area contributed by atoms with E-state index in [9.17, 15) is 24.8 Å². The minimum absolute atomic E-state index is 0.305. The Hall–Kier alpha value is -2.03. The average molecular weight is 390 g/mol. The Balaban J connectivity index is 1.69. The van der Waals surface area contributed by atoms with Gasteiger partial charge in [-0.05, 0) is 46.5 Å². The van der Waals surface area contributed by atoms with Crippen molar-refractivity contribution in [1.82, 2.24) is 0 Å². The lowest BCUT2D eigenvalue weighted by Crippen LogP contribution is -2.55. The maximum Gasteiger partial charge on any atom is 0.126 e. The van der Waals surface area contributed by atoms with Crippen LogP contribution in [0.15, 0.2) is 36.4 Å². The van der Waals surface area contributed by atoms with Crippen LogP contribution >= 0.6 is 0 Å². The van der Waals surface area contributed by atoms with Crippen molar-refractivity contribution in [1.29, 1.82) is 0 Å². The fraction of sp³-hybridized carbons (Fsp3) is 0.429. The van der Waals surface area contributed by atoms with Gasteiger partial charge in [-0.15, -0.1) is 0 Å². The lowest BCUT2D eigenvalue weighted by Gasteiger charge is -2.40. The molecule has 0 radical (unpaired) electrons. The van der Waals surface area contributed by atoms with Gasteiger partial charge in [0, 0.05) is 12.8 Å². The van der Waals surface area contributed by atoms with E-state index in [1.54, 1.807) is 12.1 Å². The Morgan fingerprint density at radius 1 is 1.00 bits per heavy atom. The monoisotopic (exact) mass is 390 g/mol. The summed E-state index contributed by atoms with van der Waals surface area (Å²) in [5.41, 5.74) is 3.38. The highest BCUT2D eigenvalue weighted by Gasteiger charge is 2.44. The first-order valence-electron chi connectivity index (χ1n) is 9.31. The summed E-state index contributed by atoms with van der Waals surface area (Å²) in [6.07, 6.45) is -4.81. The number of halogens is 1. The Morgan fingerprint density at radius 3 is 2.46 bits per heavy atom. The van der Waals surface area contributed by atoms with Crippen molar-refractivity contribution in [3.63, 3.8) is 0 Å². The SMILES string of the molecule is OCC1OC(c2cc3c(c(Cc4ccc(F)cc4)c2)OCC3)C(O)C(O)C1O. The van der Waals surface area contributed by atoms with Gasteiger partial charge in [-0.3, -0.25) is 0 Å². The van der Waals surface area contributed by atoms with Gasteiger partial charge in [0.15, 0.2) is 0 Å². The van der Waals surface area contributed by atoms with E-state index in [0.29, 0.717) is 25.0 Å². The minimum atomic E-state index is -1.43. The zero-order valence-electron chi connectivity index (χ0n) is 15.2. The van der Waals surface area contributed by atoms with E-state index in [1.807, 2.05) is 12.1 Å². The van der Waals surface area contributed by atoms with Crippen molar-refractivity contribution in [2.24, 2.45) is 0 Å². The molecule has 2 aliphatic heterocycles. The van der Waals surface area contributed by atoms with E-state index in [0.717, 1.165) is 22.4 Å². The zero-order chi connectivity index (χ0) is 19.8. The van der Waals surface area contributed by atoms with E-state index in [1.165, 1.54) is 12.1 Å². The Bertz CT molecular complexity index is 838. The smallest absolute Gasteiger partial charge is 0.126 e. The highest BCUT2D eigenvalue weighted by molar-refractivity contribution is 5.49. The summed E-state index contributed by atoms with van der Waals surface area (Å²) in [7, 11) is 0. The molecule has 2 aromatic carbocycles. The second kappa shape index (κ2) is 7.77. The summed E-state index contributed by atoms with van der Waals surface area (Å²) in [6.45, 7) is 0.0713. The summed E-state index contributed by atoms with van der Waals surface area (Å²) >= 11 is 0. The van der Waals surface area contributed by atoms with E-state index in [-0.39, 0.29) is 5.82 Å². The molecule has 4 N–H and O–H groups in total. The number of rotatable bonds is 4. The first-order chi connectivity index (χ1) is 13.5. The molecule has 0 aliphatic carbocycles. The molecule has 4 rings (SSSR count). The van der Waals surface area contributed by atoms with Gasteiger partial charge < -0.3 is 29.9 Å². The van der Waals surface area contributed by atoms with Crippen LogP contribution in [-0.4, -0.2) is 58.1 Å². The fourth-order valence-corrected chi connectivity index (χ4v) is 3.91. The Labute approximate surface area is 161 Å². The van der Waals surface area contributed by atoms with Crippen LogP contribution in [0.25, 0.3) is 0 Å². The minimum Gasteiger partial charge on any atom is -0.493 e. The molecule has 7 heteroatoms. The van der Waals surface area contributed by atoms with E-state index in [2.05, 4.69) is 0 Å². The molecule has 2 heterocycles. The molecule has 5 unspecified atom stereocenters. The molecule has 0 aromatic heterocycles. The predicted octanol–water partition coefficient (Wildman–Crippen LogP) is 0.866. The normalized spacial score (nSPS) is 29.4. The van der Waals surface area contributed by atoms with Crippen LogP contribution in [0, 0.1) is 5.82 Å². The number of aliphatic hydroxyl groups excluding tert-OH is 4. The van der Waals surface area contributed by atoms with Gasteiger partial charge in [-0.2, -0.15) is 0 Å². The van der Waals surface area contributed by atoms with Gasteiger partial charge in [0.25, 0.3) is 0 Å². The third kappa shape index (κ3) is 3.52. The van der Waals surface area contributed by atoms with Crippen molar-refractivity contribution in [3.05, 3.63) is 64.5 Å². The quantitative estimate of drug-likeness (QED) is 0.618. The van der Waals surface area contributed by atoms with Gasteiger partial charge in [0.1, 0.15) is 42.1 Å². The molecule has 5 atom stereocenters. The molecule has 6 nitrogen and oxygen atoms in total. The van der Waals surface area contributed by atoms with Crippen molar-refractivity contribution in [2.45, 2.75) is 43.4 Å². The highest BCUT2D eigenvalue weighted by atomic mass is 19.1. The van der Waals surface area contributed by atoms with Crippen LogP contribution in [0.2, 0.25) is 0 Å². The molecule has 28 heavy (non-hydrogen) atoms. The van der Waals surface area contributed by atoms with Gasteiger partial charge >= 0.3 is 0 Å². The first kappa shape index (κ1) is 19.3. The summed E-state index contributed by atoms with van der Waals surface area (Å²) in [6, 6.07) is 9.91. The fourth-order valence-electron chi connectivity index (χ4n) is 3.91. The van der Waals surface area contributed by atoms with E-state index < -0.39 is 37.1 Å². The number of benzene rings is 2. The summed E-state index contributed by atoms with van der Waals surface area (Å²) in [4.78, 5) is 0. The van der Waals surface area contributed by atoms with Crippen molar-refractivity contribution >= 4 is 0 Å². The third-order valence-corrected chi connectivity index (χ3v) is 5.41. The standard InChI is InChI=1S/C21H23FO6/c22-15-3-1-11(2-4-15)7-13-9-14(8-12-5-6-27-20(12)13)21-19(26)18(25)17(24)16(10-23)28-21/h1-4,8-9,16-19,21,23-26H,5-7,10H2. The van der Waals surface area contributed by atoms with E-state index >= 15 is 0 Å². The van der Waals surface area contributed by atoms with Crippen molar-refractivity contribution in [2.75, 3.05) is 13.2 Å². The molecule has 2 aliphatic rings. The molecule has 0 bridgehead atoms. The number of ether oxygens (including phenoxy) is 2.